The van der Waals surface area contributed by atoms with Gasteiger partial charge in [0.1, 0.15) is 11.7 Å². The second-order valence-corrected chi connectivity index (χ2v) is 13.1. The van der Waals surface area contributed by atoms with E-state index in [0.717, 1.165) is 110 Å². The fourth-order valence-corrected chi connectivity index (χ4v) is 5.16. The third-order valence-corrected chi connectivity index (χ3v) is 7.67. The Morgan fingerprint density at radius 2 is 1.21 bits per heavy atom. The fourth-order valence-electron chi connectivity index (χ4n) is 5.16. The Kier molecular flexibility index (Phi) is 26.5. The summed E-state index contributed by atoms with van der Waals surface area (Å²) in [5.74, 6) is -0.748. The SMILES string of the molecule is CCCCCCCCC(CC)OC(=O)CCCCCCCN(CCCCCCCC(=O)O)CCCNC(=O)OC(C)(C)C. The van der Waals surface area contributed by atoms with Gasteiger partial charge in [0.15, 0.2) is 0 Å². The average Bonchev–Trinajstić information content (AvgIpc) is 2.93. The van der Waals surface area contributed by atoms with E-state index < -0.39 is 11.6 Å². The third kappa shape index (κ3) is 30.0. The maximum atomic E-state index is 12.3. The second-order valence-electron chi connectivity index (χ2n) is 13.1. The first kappa shape index (κ1) is 41.2. The molecule has 0 aromatic heterocycles. The van der Waals surface area contributed by atoms with Crippen molar-refractivity contribution in [2.24, 2.45) is 0 Å². The minimum Gasteiger partial charge on any atom is -0.481 e. The van der Waals surface area contributed by atoms with E-state index in [1.165, 1.54) is 32.1 Å². The van der Waals surface area contributed by atoms with Gasteiger partial charge in [-0.3, -0.25) is 9.59 Å². The van der Waals surface area contributed by atoms with Crippen molar-refractivity contribution in [3.05, 3.63) is 0 Å². The summed E-state index contributed by atoms with van der Waals surface area (Å²) < 4.78 is 11.1. The number of aliphatic carboxylic acids is 1. The average molecular weight is 613 g/mol. The summed E-state index contributed by atoms with van der Waals surface area (Å²) in [6, 6.07) is 0. The van der Waals surface area contributed by atoms with Gasteiger partial charge in [0.05, 0.1) is 0 Å². The molecular weight excluding hydrogens is 544 g/mol. The molecule has 0 aromatic rings. The molecule has 8 heteroatoms. The zero-order valence-corrected chi connectivity index (χ0v) is 28.7. The molecule has 0 rings (SSSR count). The molecule has 0 saturated carbocycles. The van der Waals surface area contributed by atoms with Crippen LogP contribution in [0.15, 0.2) is 0 Å². The molecule has 2 N–H and O–H groups in total. The first-order valence-electron chi connectivity index (χ1n) is 17.7. The van der Waals surface area contributed by atoms with Crippen molar-refractivity contribution in [1.82, 2.24) is 10.2 Å². The van der Waals surface area contributed by atoms with E-state index in [0.29, 0.717) is 13.0 Å². The number of carbonyl (C=O) groups is 3. The van der Waals surface area contributed by atoms with Gasteiger partial charge in [-0.1, -0.05) is 84.5 Å². The van der Waals surface area contributed by atoms with Crippen LogP contribution in [-0.4, -0.2) is 65.9 Å². The standard InChI is InChI=1S/C35H68N2O6/c1-6-8-9-10-13-18-24-31(7-2)42-33(40)26-20-15-12-17-22-29-37(28-21-16-11-14-19-25-32(38)39)30-23-27-36-34(41)43-35(3,4)5/h31H,6-30H2,1-5H3,(H,36,41)(H,38,39). The summed E-state index contributed by atoms with van der Waals surface area (Å²) in [5.41, 5.74) is -0.494. The van der Waals surface area contributed by atoms with E-state index in [1.807, 2.05) is 20.8 Å². The quantitative estimate of drug-likeness (QED) is 0.0641. The van der Waals surface area contributed by atoms with Crippen LogP contribution in [0.4, 0.5) is 4.79 Å². The van der Waals surface area contributed by atoms with E-state index in [9.17, 15) is 14.4 Å². The number of alkyl carbamates (subject to hydrolysis) is 1. The van der Waals surface area contributed by atoms with Gasteiger partial charge in [0.25, 0.3) is 0 Å². The molecule has 0 aromatic carbocycles. The molecule has 0 heterocycles. The number of unbranched alkanes of at least 4 members (excludes halogenated alkanes) is 13. The van der Waals surface area contributed by atoms with Gasteiger partial charge in [0, 0.05) is 19.4 Å². The molecule has 1 amide bonds. The van der Waals surface area contributed by atoms with Gasteiger partial charge >= 0.3 is 18.0 Å². The number of nitrogens with zero attached hydrogens (tertiary/aromatic N) is 1. The highest BCUT2D eigenvalue weighted by molar-refractivity contribution is 5.69. The number of hydrogen-bond acceptors (Lipinski definition) is 6. The molecule has 0 saturated heterocycles. The summed E-state index contributed by atoms with van der Waals surface area (Å²) in [5, 5.41) is 11.6. The molecule has 0 aliphatic heterocycles. The first-order chi connectivity index (χ1) is 20.6. The smallest absolute Gasteiger partial charge is 0.407 e. The second kappa shape index (κ2) is 27.7. The van der Waals surface area contributed by atoms with Gasteiger partial charge in [-0.2, -0.15) is 0 Å². The zero-order chi connectivity index (χ0) is 32.2. The summed E-state index contributed by atoms with van der Waals surface area (Å²) >= 11 is 0. The summed E-state index contributed by atoms with van der Waals surface area (Å²) in [6.07, 6.45) is 21.2. The van der Waals surface area contributed by atoms with Gasteiger partial charge in [-0.25, -0.2) is 4.79 Å². The predicted molar refractivity (Wildman–Crippen MR) is 176 cm³/mol. The lowest BCUT2D eigenvalue weighted by atomic mass is 10.1. The van der Waals surface area contributed by atoms with Crippen LogP contribution in [0.5, 0.6) is 0 Å². The Balaban J connectivity index is 4.19. The molecule has 1 atom stereocenters. The van der Waals surface area contributed by atoms with Crippen molar-refractivity contribution >= 4 is 18.0 Å². The normalized spacial score (nSPS) is 12.3. The predicted octanol–water partition coefficient (Wildman–Crippen LogP) is 9.04. The molecular formula is C35H68N2O6. The number of carbonyl (C=O) groups excluding carboxylic acids is 2. The summed E-state index contributed by atoms with van der Waals surface area (Å²) in [6.45, 7) is 13.5. The number of rotatable bonds is 29. The zero-order valence-electron chi connectivity index (χ0n) is 28.7. The largest absolute Gasteiger partial charge is 0.481 e. The van der Waals surface area contributed by atoms with Crippen LogP contribution in [0.25, 0.3) is 0 Å². The fraction of sp³-hybridized carbons (Fsp3) is 0.914. The Morgan fingerprint density at radius 3 is 1.77 bits per heavy atom. The molecule has 0 fully saturated rings. The highest BCUT2D eigenvalue weighted by Gasteiger charge is 2.16. The van der Waals surface area contributed by atoms with Crippen molar-refractivity contribution in [1.29, 1.82) is 0 Å². The molecule has 43 heavy (non-hydrogen) atoms. The number of carboxylic acid groups (broad SMARTS) is 1. The molecule has 8 nitrogen and oxygen atoms in total. The molecule has 0 aliphatic carbocycles. The van der Waals surface area contributed by atoms with Gasteiger partial charge in [-0.15, -0.1) is 0 Å². The number of esters is 1. The molecule has 0 radical (unpaired) electrons. The number of carboxylic acids is 1. The topological polar surface area (TPSA) is 105 Å². The summed E-state index contributed by atoms with van der Waals surface area (Å²) in [4.78, 5) is 37.4. The monoisotopic (exact) mass is 613 g/mol. The minimum absolute atomic E-state index is 0.0352. The number of amides is 1. The van der Waals surface area contributed by atoms with Crippen LogP contribution in [0, 0.1) is 0 Å². The Hall–Kier alpha value is -1.83. The van der Waals surface area contributed by atoms with Gasteiger partial charge in [0.2, 0.25) is 0 Å². The van der Waals surface area contributed by atoms with Crippen LogP contribution >= 0.6 is 0 Å². The van der Waals surface area contributed by atoms with Crippen molar-refractivity contribution in [2.75, 3.05) is 26.2 Å². The van der Waals surface area contributed by atoms with E-state index in [-0.39, 0.29) is 24.6 Å². The molecule has 0 spiro atoms. The van der Waals surface area contributed by atoms with Crippen molar-refractivity contribution in [3.63, 3.8) is 0 Å². The molecule has 1 unspecified atom stereocenters. The van der Waals surface area contributed by atoms with Crippen molar-refractivity contribution in [3.8, 4) is 0 Å². The van der Waals surface area contributed by atoms with E-state index in [1.54, 1.807) is 0 Å². The number of nitrogens with one attached hydrogen (secondary N) is 1. The highest BCUT2D eigenvalue weighted by Crippen LogP contribution is 2.15. The molecule has 0 bridgehead atoms. The van der Waals surface area contributed by atoms with Gasteiger partial charge < -0.3 is 24.8 Å². The molecule has 254 valence electrons. The maximum Gasteiger partial charge on any atom is 0.407 e. The van der Waals surface area contributed by atoms with Crippen LogP contribution in [0.2, 0.25) is 0 Å². The lowest BCUT2D eigenvalue weighted by molar-refractivity contribution is -0.149. The lowest BCUT2D eigenvalue weighted by Gasteiger charge is -2.23. The lowest BCUT2D eigenvalue weighted by Crippen LogP contribution is -2.35. The van der Waals surface area contributed by atoms with E-state index in [2.05, 4.69) is 24.1 Å². The van der Waals surface area contributed by atoms with Crippen LogP contribution in [0.1, 0.15) is 169 Å². The highest BCUT2D eigenvalue weighted by atomic mass is 16.6. The van der Waals surface area contributed by atoms with Crippen LogP contribution < -0.4 is 5.32 Å². The van der Waals surface area contributed by atoms with E-state index >= 15 is 0 Å². The van der Waals surface area contributed by atoms with Crippen molar-refractivity contribution in [2.45, 2.75) is 181 Å². The Morgan fingerprint density at radius 1 is 0.698 bits per heavy atom. The Labute approximate surface area is 264 Å². The maximum absolute atomic E-state index is 12.3. The summed E-state index contributed by atoms with van der Waals surface area (Å²) in [7, 11) is 0. The molecule has 0 aliphatic rings. The van der Waals surface area contributed by atoms with Gasteiger partial charge in [-0.05, 0) is 91.8 Å². The van der Waals surface area contributed by atoms with E-state index in [4.69, 9.17) is 14.6 Å². The number of hydrogen-bond donors (Lipinski definition) is 2. The minimum atomic E-state index is -0.713. The van der Waals surface area contributed by atoms with Crippen molar-refractivity contribution < 1.29 is 29.0 Å². The Bertz CT molecular complexity index is 694. The number of ether oxygens (including phenoxy) is 2. The van der Waals surface area contributed by atoms with Crippen LogP contribution in [0.3, 0.4) is 0 Å². The first-order valence-corrected chi connectivity index (χ1v) is 17.7. The van der Waals surface area contributed by atoms with Crippen LogP contribution in [-0.2, 0) is 19.1 Å². The third-order valence-electron chi connectivity index (χ3n) is 7.67.